The van der Waals surface area contributed by atoms with Crippen LogP contribution in [0.1, 0.15) is 36.7 Å². The van der Waals surface area contributed by atoms with E-state index in [-0.39, 0.29) is 30.4 Å². The zero-order chi connectivity index (χ0) is 17.8. The molecule has 2 aromatic carbocycles. The van der Waals surface area contributed by atoms with Crippen molar-refractivity contribution in [3.05, 3.63) is 70.7 Å². The fourth-order valence-electron chi connectivity index (χ4n) is 2.87. The zero-order valence-electron chi connectivity index (χ0n) is 13.8. The van der Waals surface area contributed by atoms with Crippen molar-refractivity contribution < 1.29 is 9.59 Å². The van der Waals surface area contributed by atoms with Crippen molar-refractivity contribution in [2.75, 3.05) is 0 Å². The van der Waals surface area contributed by atoms with Crippen LogP contribution in [0.4, 0.5) is 0 Å². The Kier molecular flexibility index (Phi) is 5.36. The van der Waals surface area contributed by atoms with Crippen LogP contribution < -0.4 is 16.0 Å². The van der Waals surface area contributed by atoms with Crippen LogP contribution in [0.25, 0.3) is 0 Å². The predicted octanol–water partition coefficient (Wildman–Crippen LogP) is 2.69. The average molecular weight is 358 g/mol. The van der Waals surface area contributed by atoms with E-state index >= 15 is 0 Å². The van der Waals surface area contributed by atoms with Crippen molar-refractivity contribution in [3.8, 4) is 0 Å². The van der Waals surface area contributed by atoms with Crippen molar-refractivity contribution in [2.45, 2.75) is 31.6 Å². The number of hydrogen-bond donors (Lipinski definition) is 3. The highest BCUT2D eigenvalue weighted by molar-refractivity contribution is 6.30. The Bertz CT molecular complexity index is 766. The summed E-state index contributed by atoms with van der Waals surface area (Å²) in [7, 11) is 0. The fraction of sp³-hybridized carbons (Fsp3) is 0.263. The topological polar surface area (TPSA) is 70.2 Å². The normalized spacial score (nSPS) is 21.3. The number of carbonyl (C=O) groups excluding carboxylic acids is 2. The molecule has 5 nitrogen and oxygen atoms in total. The van der Waals surface area contributed by atoms with Gasteiger partial charge in [-0.15, -0.1) is 0 Å². The summed E-state index contributed by atoms with van der Waals surface area (Å²) in [5.74, 6) is -0.355. The van der Waals surface area contributed by atoms with Gasteiger partial charge in [0.05, 0.1) is 18.5 Å². The third-order valence-electron chi connectivity index (χ3n) is 4.22. The van der Waals surface area contributed by atoms with Crippen LogP contribution >= 0.6 is 11.6 Å². The van der Waals surface area contributed by atoms with Crippen molar-refractivity contribution in [3.63, 3.8) is 0 Å². The first-order chi connectivity index (χ1) is 12.0. The van der Waals surface area contributed by atoms with Gasteiger partial charge in [0.15, 0.2) is 0 Å². The SMILES string of the molecule is CC(NC(=O)C1CC(=O)NC(c2ccccc2)N1)c1cccc(Cl)c1. The van der Waals surface area contributed by atoms with Crippen molar-refractivity contribution in [2.24, 2.45) is 0 Å². The average Bonchev–Trinajstić information content (AvgIpc) is 2.62. The van der Waals surface area contributed by atoms with E-state index in [1.807, 2.05) is 55.5 Å². The quantitative estimate of drug-likeness (QED) is 0.788. The van der Waals surface area contributed by atoms with E-state index in [1.54, 1.807) is 6.07 Å². The standard InChI is InChI=1S/C19H20ClN3O2/c1-12(14-8-5-9-15(20)10-14)21-19(25)16-11-17(24)23-18(22-16)13-6-3-2-4-7-13/h2-10,12,16,18,22H,11H2,1H3,(H,21,25)(H,23,24). The molecule has 0 aliphatic carbocycles. The lowest BCUT2D eigenvalue weighted by Gasteiger charge is -2.31. The first kappa shape index (κ1) is 17.5. The van der Waals surface area contributed by atoms with Gasteiger partial charge in [0.1, 0.15) is 6.17 Å². The molecule has 25 heavy (non-hydrogen) atoms. The van der Waals surface area contributed by atoms with Crippen molar-refractivity contribution in [1.29, 1.82) is 0 Å². The molecule has 1 saturated heterocycles. The van der Waals surface area contributed by atoms with E-state index < -0.39 is 6.04 Å². The summed E-state index contributed by atoms with van der Waals surface area (Å²) in [6.45, 7) is 1.89. The lowest BCUT2D eigenvalue weighted by molar-refractivity contribution is -0.132. The van der Waals surface area contributed by atoms with Gasteiger partial charge < -0.3 is 10.6 Å². The highest BCUT2D eigenvalue weighted by atomic mass is 35.5. The number of carbonyl (C=O) groups is 2. The minimum absolute atomic E-state index is 0.109. The molecule has 3 unspecified atom stereocenters. The van der Waals surface area contributed by atoms with E-state index in [2.05, 4.69) is 16.0 Å². The van der Waals surface area contributed by atoms with Gasteiger partial charge in [-0.05, 0) is 30.2 Å². The molecule has 0 bridgehead atoms. The number of nitrogens with one attached hydrogen (secondary N) is 3. The van der Waals surface area contributed by atoms with Crippen molar-refractivity contribution >= 4 is 23.4 Å². The Labute approximate surface area is 151 Å². The Morgan fingerprint density at radius 1 is 1.20 bits per heavy atom. The van der Waals surface area contributed by atoms with Gasteiger partial charge >= 0.3 is 0 Å². The first-order valence-corrected chi connectivity index (χ1v) is 8.57. The molecule has 6 heteroatoms. The summed E-state index contributed by atoms with van der Waals surface area (Å²) >= 11 is 6.00. The van der Waals surface area contributed by atoms with Gasteiger partial charge in [-0.3, -0.25) is 14.9 Å². The molecule has 1 fully saturated rings. The third-order valence-corrected chi connectivity index (χ3v) is 4.45. The molecule has 1 aliphatic rings. The van der Waals surface area contributed by atoms with Crippen LogP contribution in [0, 0.1) is 0 Å². The molecule has 0 saturated carbocycles. The van der Waals surface area contributed by atoms with E-state index in [1.165, 1.54) is 0 Å². The molecule has 3 atom stereocenters. The van der Waals surface area contributed by atoms with E-state index in [9.17, 15) is 9.59 Å². The molecule has 1 heterocycles. The molecule has 2 amide bonds. The van der Waals surface area contributed by atoms with Crippen LogP contribution in [0.3, 0.4) is 0 Å². The van der Waals surface area contributed by atoms with Gasteiger partial charge in [-0.1, -0.05) is 54.1 Å². The summed E-state index contributed by atoms with van der Waals surface area (Å²) in [6, 6.07) is 16.1. The second-order valence-corrected chi connectivity index (χ2v) is 6.56. The third kappa shape index (κ3) is 4.38. The summed E-state index contributed by atoms with van der Waals surface area (Å²) in [6.07, 6.45) is -0.267. The van der Waals surface area contributed by atoms with Gasteiger partial charge in [0, 0.05) is 5.02 Å². The molecule has 0 radical (unpaired) electrons. The maximum Gasteiger partial charge on any atom is 0.238 e. The largest absolute Gasteiger partial charge is 0.348 e. The monoisotopic (exact) mass is 357 g/mol. The molecule has 1 aliphatic heterocycles. The van der Waals surface area contributed by atoms with Crippen LogP contribution in [0.2, 0.25) is 5.02 Å². The van der Waals surface area contributed by atoms with Crippen molar-refractivity contribution in [1.82, 2.24) is 16.0 Å². The summed E-state index contributed by atoms with van der Waals surface area (Å²) in [5, 5.41) is 9.63. The highest BCUT2D eigenvalue weighted by Gasteiger charge is 2.31. The Morgan fingerprint density at radius 3 is 2.68 bits per heavy atom. The number of hydrogen-bond acceptors (Lipinski definition) is 3. The highest BCUT2D eigenvalue weighted by Crippen LogP contribution is 2.19. The predicted molar refractivity (Wildman–Crippen MR) is 96.9 cm³/mol. The van der Waals surface area contributed by atoms with Gasteiger partial charge in [0.25, 0.3) is 0 Å². The van der Waals surface area contributed by atoms with Gasteiger partial charge in [-0.2, -0.15) is 0 Å². The van der Waals surface area contributed by atoms with Crippen LogP contribution in [0.15, 0.2) is 54.6 Å². The van der Waals surface area contributed by atoms with E-state index in [0.717, 1.165) is 11.1 Å². The number of rotatable bonds is 4. The van der Waals surface area contributed by atoms with Crippen LogP contribution in [-0.2, 0) is 9.59 Å². The first-order valence-electron chi connectivity index (χ1n) is 8.19. The molecule has 3 N–H and O–H groups in total. The number of halogens is 1. The molecule has 2 aromatic rings. The minimum atomic E-state index is -0.583. The second kappa shape index (κ2) is 7.68. The summed E-state index contributed by atoms with van der Waals surface area (Å²) < 4.78 is 0. The van der Waals surface area contributed by atoms with Gasteiger partial charge in [-0.25, -0.2) is 0 Å². The maximum atomic E-state index is 12.6. The fourth-order valence-corrected chi connectivity index (χ4v) is 3.07. The Morgan fingerprint density at radius 2 is 1.96 bits per heavy atom. The van der Waals surface area contributed by atoms with E-state index in [0.29, 0.717) is 5.02 Å². The van der Waals surface area contributed by atoms with Crippen LogP contribution in [-0.4, -0.2) is 17.9 Å². The lowest BCUT2D eigenvalue weighted by atomic mass is 10.0. The molecule has 130 valence electrons. The maximum absolute atomic E-state index is 12.6. The second-order valence-electron chi connectivity index (χ2n) is 6.12. The number of amides is 2. The molecular formula is C19H20ClN3O2. The summed E-state index contributed by atoms with van der Waals surface area (Å²) in [5.41, 5.74) is 1.83. The lowest BCUT2D eigenvalue weighted by Crippen LogP contribution is -2.56. The summed E-state index contributed by atoms with van der Waals surface area (Å²) in [4.78, 5) is 24.6. The zero-order valence-corrected chi connectivity index (χ0v) is 14.6. The van der Waals surface area contributed by atoms with Gasteiger partial charge in [0.2, 0.25) is 11.8 Å². The minimum Gasteiger partial charge on any atom is -0.348 e. The molecule has 0 spiro atoms. The Hall–Kier alpha value is -2.37. The molecule has 0 aromatic heterocycles. The van der Waals surface area contributed by atoms with Crippen LogP contribution in [0.5, 0.6) is 0 Å². The van der Waals surface area contributed by atoms with E-state index in [4.69, 9.17) is 11.6 Å². The molecular weight excluding hydrogens is 338 g/mol. The smallest absolute Gasteiger partial charge is 0.238 e. The Balaban J connectivity index is 1.67. The number of benzene rings is 2. The molecule has 3 rings (SSSR count).